The smallest absolute Gasteiger partial charge is 0.126 e. The normalized spacial score (nSPS) is 13.1. The molecule has 0 fully saturated rings. The lowest BCUT2D eigenvalue weighted by atomic mass is 10.1. The van der Waals surface area contributed by atoms with Gasteiger partial charge in [-0.1, -0.05) is 0 Å². The molecule has 0 aliphatic carbocycles. The first-order chi connectivity index (χ1) is 8.45. The summed E-state index contributed by atoms with van der Waals surface area (Å²) < 4.78 is 13.7. The molecule has 4 heteroatoms. The van der Waals surface area contributed by atoms with Crippen molar-refractivity contribution >= 4 is 11.8 Å². The summed E-state index contributed by atoms with van der Waals surface area (Å²) in [7, 11) is 6.03. The van der Waals surface area contributed by atoms with Crippen LogP contribution in [0, 0.1) is 12.7 Å². The second kappa shape index (κ2) is 7.12. The van der Waals surface area contributed by atoms with Crippen molar-refractivity contribution in [1.82, 2.24) is 10.2 Å². The van der Waals surface area contributed by atoms with E-state index in [1.807, 2.05) is 20.0 Å². The molecule has 1 N–H and O–H groups in total. The highest BCUT2D eigenvalue weighted by atomic mass is 32.2. The van der Waals surface area contributed by atoms with Gasteiger partial charge in [-0.05, 0) is 58.3 Å². The Morgan fingerprint density at radius 1 is 1.39 bits per heavy atom. The van der Waals surface area contributed by atoms with Gasteiger partial charge in [0.1, 0.15) is 5.82 Å². The highest BCUT2D eigenvalue weighted by molar-refractivity contribution is 7.99. The lowest BCUT2D eigenvalue weighted by Crippen LogP contribution is -2.16. The molecule has 102 valence electrons. The van der Waals surface area contributed by atoms with E-state index in [1.165, 1.54) is 4.90 Å². The maximum atomic E-state index is 13.7. The third-order valence-corrected chi connectivity index (χ3v) is 4.04. The number of rotatable bonds is 6. The molecule has 0 saturated heterocycles. The predicted octanol–water partition coefficient (Wildman–Crippen LogP) is 3.07. The van der Waals surface area contributed by atoms with Crippen LogP contribution in [0.2, 0.25) is 0 Å². The minimum atomic E-state index is -0.121. The molecule has 0 aliphatic heterocycles. The summed E-state index contributed by atoms with van der Waals surface area (Å²) in [5.41, 5.74) is 1.76. The van der Waals surface area contributed by atoms with E-state index in [0.717, 1.165) is 23.4 Å². The van der Waals surface area contributed by atoms with E-state index in [1.54, 1.807) is 17.8 Å². The summed E-state index contributed by atoms with van der Waals surface area (Å²) in [6, 6.07) is 3.79. The second-order valence-corrected chi connectivity index (χ2v) is 5.94. The van der Waals surface area contributed by atoms with Gasteiger partial charge in [0.05, 0.1) is 0 Å². The van der Waals surface area contributed by atoms with Gasteiger partial charge in [-0.25, -0.2) is 4.39 Å². The Morgan fingerprint density at radius 3 is 2.61 bits per heavy atom. The zero-order chi connectivity index (χ0) is 13.7. The third-order valence-electron chi connectivity index (χ3n) is 2.99. The Labute approximate surface area is 114 Å². The van der Waals surface area contributed by atoms with Crippen LogP contribution in [-0.4, -0.2) is 38.3 Å². The SMILES string of the molecule is CNC(C)c1cc(F)c(C)cc1SCCN(C)C. The Kier molecular flexibility index (Phi) is 6.12. The summed E-state index contributed by atoms with van der Waals surface area (Å²) >= 11 is 1.79. The average Bonchev–Trinajstić information content (AvgIpc) is 2.32. The van der Waals surface area contributed by atoms with Crippen LogP contribution in [0.1, 0.15) is 24.1 Å². The van der Waals surface area contributed by atoms with Crippen LogP contribution in [0.3, 0.4) is 0 Å². The van der Waals surface area contributed by atoms with Crippen molar-refractivity contribution in [2.45, 2.75) is 24.8 Å². The van der Waals surface area contributed by atoms with Crippen LogP contribution in [0.25, 0.3) is 0 Å². The number of thioether (sulfide) groups is 1. The molecule has 0 aliphatic rings. The van der Waals surface area contributed by atoms with Crippen LogP contribution in [-0.2, 0) is 0 Å². The third kappa shape index (κ3) is 4.26. The van der Waals surface area contributed by atoms with Crippen molar-refractivity contribution in [3.63, 3.8) is 0 Å². The first-order valence-corrected chi connectivity index (χ1v) is 7.19. The van der Waals surface area contributed by atoms with Crippen LogP contribution in [0.4, 0.5) is 4.39 Å². The molecular formula is C14H23FN2S. The van der Waals surface area contributed by atoms with Gasteiger partial charge in [-0.3, -0.25) is 0 Å². The molecule has 1 unspecified atom stereocenters. The first kappa shape index (κ1) is 15.5. The topological polar surface area (TPSA) is 15.3 Å². The predicted molar refractivity (Wildman–Crippen MR) is 77.9 cm³/mol. The molecule has 18 heavy (non-hydrogen) atoms. The van der Waals surface area contributed by atoms with Crippen molar-refractivity contribution < 1.29 is 4.39 Å². The van der Waals surface area contributed by atoms with Crippen molar-refractivity contribution in [1.29, 1.82) is 0 Å². The zero-order valence-electron chi connectivity index (χ0n) is 11.9. The Hall–Kier alpha value is -0.580. The summed E-state index contributed by atoms with van der Waals surface area (Å²) in [4.78, 5) is 3.34. The summed E-state index contributed by atoms with van der Waals surface area (Å²) in [5.74, 6) is 0.894. The zero-order valence-corrected chi connectivity index (χ0v) is 12.7. The van der Waals surface area contributed by atoms with Crippen molar-refractivity contribution in [3.8, 4) is 0 Å². The lowest BCUT2D eigenvalue weighted by Gasteiger charge is -2.17. The first-order valence-electron chi connectivity index (χ1n) is 6.20. The second-order valence-electron chi connectivity index (χ2n) is 4.80. The minimum Gasteiger partial charge on any atom is -0.313 e. The molecule has 0 radical (unpaired) electrons. The molecule has 0 spiro atoms. The fourth-order valence-electron chi connectivity index (χ4n) is 1.63. The Morgan fingerprint density at radius 2 is 2.06 bits per heavy atom. The standard InChI is InChI=1S/C14H23FN2S/c1-10-8-14(18-7-6-17(4)5)12(9-13(10)15)11(2)16-3/h8-9,11,16H,6-7H2,1-5H3. The van der Waals surface area contributed by atoms with Gasteiger partial charge in [0, 0.05) is 23.2 Å². The van der Waals surface area contributed by atoms with Crippen molar-refractivity contribution in [2.75, 3.05) is 33.4 Å². The average molecular weight is 270 g/mol. The van der Waals surface area contributed by atoms with Crippen molar-refractivity contribution in [3.05, 3.63) is 29.1 Å². The number of hydrogen-bond acceptors (Lipinski definition) is 3. The molecule has 1 atom stereocenters. The number of benzene rings is 1. The molecule has 0 amide bonds. The van der Waals surface area contributed by atoms with E-state index in [-0.39, 0.29) is 11.9 Å². The molecule has 0 bridgehead atoms. The van der Waals surface area contributed by atoms with Gasteiger partial charge < -0.3 is 10.2 Å². The lowest BCUT2D eigenvalue weighted by molar-refractivity contribution is 0.437. The molecule has 0 saturated carbocycles. The highest BCUT2D eigenvalue weighted by Gasteiger charge is 2.12. The summed E-state index contributed by atoms with van der Waals surface area (Å²) in [6.07, 6.45) is 0. The number of hydrogen-bond donors (Lipinski definition) is 1. The van der Waals surface area contributed by atoms with Crippen LogP contribution in [0.5, 0.6) is 0 Å². The van der Waals surface area contributed by atoms with Gasteiger partial charge in [-0.2, -0.15) is 0 Å². The number of nitrogens with one attached hydrogen (secondary N) is 1. The Bertz CT molecular complexity index is 394. The van der Waals surface area contributed by atoms with Gasteiger partial charge >= 0.3 is 0 Å². The number of aryl methyl sites for hydroxylation is 1. The minimum absolute atomic E-state index is 0.121. The fourth-order valence-corrected chi connectivity index (χ4v) is 2.97. The quantitative estimate of drug-likeness (QED) is 0.800. The number of nitrogens with zero attached hydrogens (tertiary/aromatic N) is 1. The molecule has 0 aromatic heterocycles. The molecular weight excluding hydrogens is 247 g/mol. The van der Waals surface area contributed by atoms with Gasteiger partial charge in [-0.15, -0.1) is 11.8 Å². The van der Waals surface area contributed by atoms with E-state index < -0.39 is 0 Å². The molecule has 0 heterocycles. The molecule has 1 rings (SSSR count). The molecule has 2 nitrogen and oxygen atoms in total. The monoisotopic (exact) mass is 270 g/mol. The van der Waals surface area contributed by atoms with E-state index in [0.29, 0.717) is 0 Å². The van der Waals surface area contributed by atoms with Gasteiger partial charge in [0.2, 0.25) is 0 Å². The molecule has 1 aromatic carbocycles. The van der Waals surface area contributed by atoms with Crippen molar-refractivity contribution in [2.24, 2.45) is 0 Å². The summed E-state index contributed by atoms with van der Waals surface area (Å²) in [5, 5.41) is 3.18. The number of halogens is 1. The van der Waals surface area contributed by atoms with Gasteiger partial charge in [0.25, 0.3) is 0 Å². The van der Waals surface area contributed by atoms with Crippen LogP contribution >= 0.6 is 11.8 Å². The van der Waals surface area contributed by atoms with E-state index in [2.05, 4.69) is 31.2 Å². The maximum absolute atomic E-state index is 13.7. The van der Waals surface area contributed by atoms with Crippen LogP contribution < -0.4 is 5.32 Å². The Balaban J connectivity index is 2.89. The van der Waals surface area contributed by atoms with Gasteiger partial charge in [0.15, 0.2) is 0 Å². The van der Waals surface area contributed by atoms with Crippen LogP contribution in [0.15, 0.2) is 17.0 Å². The fraction of sp³-hybridized carbons (Fsp3) is 0.571. The van der Waals surface area contributed by atoms with E-state index >= 15 is 0 Å². The van der Waals surface area contributed by atoms with E-state index in [4.69, 9.17) is 0 Å². The maximum Gasteiger partial charge on any atom is 0.126 e. The summed E-state index contributed by atoms with van der Waals surface area (Å²) in [6.45, 7) is 4.90. The molecule has 1 aromatic rings. The highest BCUT2D eigenvalue weighted by Crippen LogP contribution is 2.29. The van der Waals surface area contributed by atoms with E-state index in [9.17, 15) is 4.39 Å². The largest absolute Gasteiger partial charge is 0.313 e.